The van der Waals surface area contributed by atoms with E-state index >= 15 is 0 Å². The summed E-state index contributed by atoms with van der Waals surface area (Å²) < 4.78 is 0.888. The van der Waals surface area contributed by atoms with Gasteiger partial charge in [-0.15, -0.1) is 11.3 Å². The average Bonchev–Trinajstić information content (AvgIpc) is 2.91. The summed E-state index contributed by atoms with van der Waals surface area (Å²) in [5.74, 6) is 0.00428. The number of thiophene rings is 1. The Morgan fingerprint density at radius 3 is 3.10 bits per heavy atom. The first kappa shape index (κ1) is 13.8. The number of hydrogen-bond acceptors (Lipinski definition) is 2. The Morgan fingerprint density at radius 2 is 2.25 bits per heavy atom. The quantitative estimate of drug-likeness (QED) is 0.841. The fourth-order valence-corrected chi connectivity index (χ4v) is 4.13. The topological polar surface area (TPSA) is 29.1 Å². The van der Waals surface area contributed by atoms with Gasteiger partial charge in [0, 0.05) is 9.35 Å². The maximum Gasteiger partial charge on any atom is 0.252 e. The molecule has 0 spiro atoms. The lowest BCUT2D eigenvalue weighted by Crippen LogP contribution is -2.30. The summed E-state index contributed by atoms with van der Waals surface area (Å²) in [5.41, 5.74) is 3.10. The van der Waals surface area contributed by atoms with Gasteiger partial charge in [-0.3, -0.25) is 4.79 Å². The van der Waals surface area contributed by atoms with Crippen LogP contribution in [-0.2, 0) is 6.42 Å². The summed E-state index contributed by atoms with van der Waals surface area (Å²) in [7, 11) is 0. The largest absolute Gasteiger partial charge is 0.345 e. The molecule has 2 nitrogen and oxygen atoms in total. The van der Waals surface area contributed by atoms with Crippen molar-refractivity contribution in [2.24, 2.45) is 0 Å². The average molecular weight is 350 g/mol. The van der Waals surface area contributed by atoms with E-state index in [0.29, 0.717) is 5.56 Å². The number of carbonyl (C=O) groups excluding carboxylic acids is 1. The molecule has 0 fully saturated rings. The van der Waals surface area contributed by atoms with Crippen molar-refractivity contribution in [1.82, 2.24) is 5.32 Å². The van der Waals surface area contributed by atoms with Crippen molar-refractivity contribution in [2.75, 3.05) is 0 Å². The Morgan fingerprint density at radius 1 is 1.40 bits per heavy atom. The van der Waals surface area contributed by atoms with Crippen molar-refractivity contribution in [1.29, 1.82) is 0 Å². The molecule has 0 saturated heterocycles. The fourth-order valence-electron chi connectivity index (χ4n) is 2.70. The number of rotatable bonds is 2. The minimum Gasteiger partial charge on any atom is -0.345 e. The van der Waals surface area contributed by atoms with E-state index in [1.807, 2.05) is 25.1 Å². The van der Waals surface area contributed by atoms with Crippen LogP contribution in [0, 0.1) is 6.92 Å². The van der Waals surface area contributed by atoms with Crippen LogP contribution in [0.2, 0.25) is 0 Å². The predicted octanol–water partition coefficient (Wildman–Crippen LogP) is 4.63. The van der Waals surface area contributed by atoms with Crippen molar-refractivity contribution in [3.8, 4) is 0 Å². The van der Waals surface area contributed by atoms with Crippen LogP contribution in [-0.4, -0.2) is 5.91 Å². The summed E-state index contributed by atoms with van der Waals surface area (Å²) in [6.45, 7) is 2.00. The van der Waals surface area contributed by atoms with Gasteiger partial charge in [-0.25, -0.2) is 0 Å². The van der Waals surface area contributed by atoms with E-state index in [0.717, 1.165) is 29.3 Å². The van der Waals surface area contributed by atoms with Gasteiger partial charge in [0.05, 0.1) is 11.6 Å². The zero-order chi connectivity index (χ0) is 14.1. The molecule has 2 aromatic rings. The van der Waals surface area contributed by atoms with E-state index in [4.69, 9.17) is 0 Å². The van der Waals surface area contributed by atoms with Gasteiger partial charge in [0.25, 0.3) is 5.91 Å². The van der Waals surface area contributed by atoms with Crippen LogP contribution < -0.4 is 5.32 Å². The molecule has 1 aliphatic rings. The van der Waals surface area contributed by atoms with Crippen molar-refractivity contribution in [2.45, 2.75) is 32.2 Å². The van der Waals surface area contributed by atoms with Crippen LogP contribution in [0.1, 0.15) is 45.2 Å². The highest BCUT2D eigenvalue weighted by molar-refractivity contribution is 9.10. The Hall–Kier alpha value is -1.13. The number of fused-ring (bicyclic) bond motifs is 1. The van der Waals surface area contributed by atoms with Gasteiger partial charge in [-0.2, -0.15) is 0 Å². The molecule has 1 aromatic carbocycles. The maximum absolute atomic E-state index is 12.5. The molecular formula is C16H16BrNOS. The molecule has 20 heavy (non-hydrogen) atoms. The lowest BCUT2D eigenvalue weighted by atomic mass is 9.94. The Labute approximate surface area is 131 Å². The van der Waals surface area contributed by atoms with Crippen molar-refractivity contribution in [3.63, 3.8) is 0 Å². The van der Waals surface area contributed by atoms with E-state index in [9.17, 15) is 4.79 Å². The first-order valence-corrected chi connectivity index (χ1v) is 8.46. The predicted molar refractivity (Wildman–Crippen MR) is 86.3 cm³/mol. The van der Waals surface area contributed by atoms with E-state index in [2.05, 4.69) is 32.7 Å². The molecule has 1 N–H and O–H groups in total. The maximum atomic E-state index is 12.5. The van der Waals surface area contributed by atoms with Gasteiger partial charge in [-0.1, -0.05) is 12.1 Å². The van der Waals surface area contributed by atoms with Crippen molar-refractivity contribution < 1.29 is 4.79 Å². The molecule has 1 heterocycles. The molecule has 1 amide bonds. The molecule has 3 rings (SSSR count). The molecule has 1 aliphatic carbocycles. The van der Waals surface area contributed by atoms with Crippen LogP contribution >= 0.6 is 27.3 Å². The van der Waals surface area contributed by atoms with Gasteiger partial charge in [0.15, 0.2) is 0 Å². The first-order valence-electron chi connectivity index (χ1n) is 6.79. The Balaban J connectivity index is 1.83. The highest BCUT2D eigenvalue weighted by Crippen LogP contribution is 2.33. The third-order valence-electron chi connectivity index (χ3n) is 3.79. The minimum atomic E-state index is 0.00428. The molecular weight excluding hydrogens is 334 g/mol. The number of aryl methyl sites for hydroxylation is 2. The second-order valence-electron chi connectivity index (χ2n) is 5.15. The monoisotopic (exact) mass is 349 g/mol. The lowest BCUT2D eigenvalue weighted by Gasteiger charge is -2.24. The second-order valence-corrected chi connectivity index (χ2v) is 6.95. The smallest absolute Gasteiger partial charge is 0.252 e. The van der Waals surface area contributed by atoms with E-state index in [1.54, 1.807) is 11.3 Å². The zero-order valence-corrected chi connectivity index (χ0v) is 13.7. The molecule has 0 aliphatic heterocycles. The molecule has 4 heteroatoms. The second kappa shape index (κ2) is 5.70. The summed E-state index contributed by atoms with van der Waals surface area (Å²) in [6, 6.07) is 8.09. The van der Waals surface area contributed by atoms with E-state index < -0.39 is 0 Å². The van der Waals surface area contributed by atoms with Crippen LogP contribution in [0.3, 0.4) is 0 Å². The van der Waals surface area contributed by atoms with Crippen LogP contribution in [0.5, 0.6) is 0 Å². The SMILES string of the molecule is Cc1cccc(C(=O)NC2CCCc3sccc32)c1Br. The van der Waals surface area contributed by atoms with Crippen LogP contribution in [0.15, 0.2) is 34.1 Å². The number of carbonyl (C=O) groups is 1. The minimum absolute atomic E-state index is 0.00428. The van der Waals surface area contributed by atoms with E-state index in [1.165, 1.54) is 10.4 Å². The number of amides is 1. The molecule has 1 aromatic heterocycles. The fraction of sp³-hybridized carbons (Fsp3) is 0.312. The van der Waals surface area contributed by atoms with Gasteiger partial charge < -0.3 is 5.32 Å². The van der Waals surface area contributed by atoms with Crippen molar-refractivity contribution >= 4 is 33.2 Å². The molecule has 0 radical (unpaired) electrons. The third-order valence-corrected chi connectivity index (χ3v) is 5.84. The zero-order valence-electron chi connectivity index (χ0n) is 11.3. The number of hydrogen-bond donors (Lipinski definition) is 1. The number of nitrogens with one attached hydrogen (secondary N) is 1. The standard InChI is InChI=1S/C16H16BrNOS/c1-10-4-2-5-12(15(10)17)16(19)18-13-6-3-7-14-11(13)8-9-20-14/h2,4-5,8-9,13H,3,6-7H2,1H3,(H,18,19). The summed E-state index contributed by atoms with van der Waals surface area (Å²) >= 11 is 5.31. The highest BCUT2D eigenvalue weighted by Gasteiger charge is 2.23. The Bertz CT molecular complexity index is 650. The molecule has 104 valence electrons. The summed E-state index contributed by atoms with van der Waals surface area (Å²) in [6.07, 6.45) is 3.32. The molecule has 0 saturated carbocycles. The van der Waals surface area contributed by atoms with Gasteiger partial charge >= 0.3 is 0 Å². The summed E-state index contributed by atoms with van der Waals surface area (Å²) in [4.78, 5) is 13.9. The van der Waals surface area contributed by atoms with Crippen LogP contribution in [0.25, 0.3) is 0 Å². The van der Waals surface area contributed by atoms with Gasteiger partial charge in [0.1, 0.15) is 0 Å². The highest BCUT2D eigenvalue weighted by atomic mass is 79.9. The third kappa shape index (κ3) is 2.54. The normalized spacial score (nSPS) is 17.6. The number of benzene rings is 1. The first-order chi connectivity index (χ1) is 9.66. The van der Waals surface area contributed by atoms with Gasteiger partial charge in [-0.05, 0) is 70.8 Å². The summed E-state index contributed by atoms with van der Waals surface area (Å²) in [5, 5.41) is 5.31. The lowest BCUT2D eigenvalue weighted by molar-refractivity contribution is 0.0932. The number of halogens is 1. The van der Waals surface area contributed by atoms with E-state index in [-0.39, 0.29) is 11.9 Å². The molecule has 1 atom stereocenters. The molecule has 0 bridgehead atoms. The molecule has 1 unspecified atom stereocenters. The van der Waals surface area contributed by atoms with Gasteiger partial charge in [0.2, 0.25) is 0 Å². The Kier molecular flexibility index (Phi) is 3.94. The van der Waals surface area contributed by atoms with Crippen LogP contribution in [0.4, 0.5) is 0 Å². The van der Waals surface area contributed by atoms with Crippen molar-refractivity contribution in [3.05, 3.63) is 55.7 Å².